The highest BCUT2D eigenvalue weighted by atomic mass is 32.2. The SMILES string of the molecule is Cc1ccc(SCC(=O)NCC2CCC(O)C2)cc1. The summed E-state index contributed by atoms with van der Waals surface area (Å²) in [4.78, 5) is 12.8. The summed E-state index contributed by atoms with van der Waals surface area (Å²) in [6.45, 7) is 2.75. The van der Waals surface area contributed by atoms with Crippen LogP contribution in [0.4, 0.5) is 0 Å². The van der Waals surface area contributed by atoms with E-state index < -0.39 is 0 Å². The zero-order chi connectivity index (χ0) is 13.7. The van der Waals surface area contributed by atoms with Gasteiger partial charge in [0, 0.05) is 11.4 Å². The molecule has 1 amide bonds. The number of amides is 1. The second kappa shape index (κ2) is 6.96. The number of aryl methyl sites for hydroxylation is 1. The molecule has 0 aliphatic heterocycles. The van der Waals surface area contributed by atoms with Gasteiger partial charge in [-0.15, -0.1) is 11.8 Å². The molecule has 0 saturated heterocycles. The maximum atomic E-state index is 11.7. The number of nitrogens with one attached hydrogen (secondary N) is 1. The van der Waals surface area contributed by atoms with Gasteiger partial charge in [-0.1, -0.05) is 17.7 Å². The fourth-order valence-corrected chi connectivity index (χ4v) is 3.05. The number of hydrogen-bond acceptors (Lipinski definition) is 3. The molecule has 2 rings (SSSR count). The average molecular weight is 279 g/mol. The molecule has 1 aromatic rings. The van der Waals surface area contributed by atoms with E-state index in [1.807, 2.05) is 12.1 Å². The number of thioether (sulfide) groups is 1. The van der Waals surface area contributed by atoms with Gasteiger partial charge in [0.15, 0.2) is 0 Å². The lowest BCUT2D eigenvalue weighted by molar-refractivity contribution is -0.118. The van der Waals surface area contributed by atoms with Gasteiger partial charge in [0.05, 0.1) is 11.9 Å². The van der Waals surface area contributed by atoms with Crippen LogP contribution in [0.3, 0.4) is 0 Å². The number of carbonyl (C=O) groups excluding carboxylic acids is 1. The Balaban J connectivity index is 1.65. The molecule has 2 unspecified atom stereocenters. The molecular weight excluding hydrogens is 258 g/mol. The van der Waals surface area contributed by atoms with Crippen LogP contribution in [0.1, 0.15) is 24.8 Å². The summed E-state index contributed by atoms with van der Waals surface area (Å²) >= 11 is 1.56. The Morgan fingerprint density at radius 2 is 2.11 bits per heavy atom. The van der Waals surface area contributed by atoms with E-state index in [1.165, 1.54) is 5.56 Å². The minimum atomic E-state index is -0.163. The number of carbonyl (C=O) groups is 1. The Morgan fingerprint density at radius 3 is 2.74 bits per heavy atom. The molecule has 1 saturated carbocycles. The van der Waals surface area contributed by atoms with Crippen molar-refractivity contribution in [3.8, 4) is 0 Å². The molecule has 1 aliphatic carbocycles. The van der Waals surface area contributed by atoms with Crippen molar-refractivity contribution in [1.29, 1.82) is 0 Å². The standard InChI is InChI=1S/C15H21NO2S/c1-11-2-6-14(7-3-11)19-10-15(18)16-9-12-4-5-13(17)8-12/h2-3,6-7,12-13,17H,4-5,8-10H2,1H3,(H,16,18). The summed E-state index contributed by atoms with van der Waals surface area (Å²) in [5.74, 6) is 0.980. The summed E-state index contributed by atoms with van der Waals surface area (Å²) in [6.07, 6.45) is 2.56. The number of hydrogen-bond donors (Lipinski definition) is 2. The highest BCUT2D eigenvalue weighted by Crippen LogP contribution is 2.24. The molecule has 3 nitrogen and oxygen atoms in total. The van der Waals surface area contributed by atoms with Crippen molar-refractivity contribution in [1.82, 2.24) is 5.32 Å². The first-order chi connectivity index (χ1) is 9.13. The van der Waals surface area contributed by atoms with Gasteiger partial charge in [-0.25, -0.2) is 0 Å². The summed E-state index contributed by atoms with van der Waals surface area (Å²) < 4.78 is 0. The molecule has 0 aromatic heterocycles. The van der Waals surface area contributed by atoms with Crippen molar-refractivity contribution in [3.63, 3.8) is 0 Å². The Kier molecular flexibility index (Phi) is 5.28. The summed E-state index contributed by atoms with van der Waals surface area (Å²) in [5, 5.41) is 12.4. The fraction of sp³-hybridized carbons (Fsp3) is 0.533. The molecule has 2 atom stereocenters. The summed E-state index contributed by atoms with van der Waals surface area (Å²) in [6, 6.07) is 8.20. The van der Waals surface area contributed by atoms with Crippen LogP contribution in [-0.4, -0.2) is 29.4 Å². The van der Waals surface area contributed by atoms with Crippen LogP contribution in [-0.2, 0) is 4.79 Å². The molecule has 1 aliphatic rings. The van der Waals surface area contributed by atoms with Crippen molar-refractivity contribution >= 4 is 17.7 Å². The molecule has 19 heavy (non-hydrogen) atoms. The van der Waals surface area contributed by atoms with Crippen molar-refractivity contribution in [3.05, 3.63) is 29.8 Å². The number of aliphatic hydroxyl groups excluding tert-OH is 1. The topological polar surface area (TPSA) is 49.3 Å². The van der Waals surface area contributed by atoms with E-state index in [0.29, 0.717) is 18.2 Å². The third kappa shape index (κ3) is 4.88. The van der Waals surface area contributed by atoms with Gasteiger partial charge < -0.3 is 10.4 Å². The first-order valence-corrected chi connectivity index (χ1v) is 7.76. The van der Waals surface area contributed by atoms with E-state index in [-0.39, 0.29) is 12.0 Å². The van der Waals surface area contributed by atoms with E-state index in [1.54, 1.807) is 11.8 Å². The molecule has 4 heteroatoms. The van der Waals surface area contributed by atoms with Gasteiger partial charge in [0.2, 0.25) is 5.91 Å². The highest BCUT2D eigenvalue weighted by Gasteiger charge is 2.22. The Hall–Kier alpha value is -1.00. The maximum Gasteiger partial charge on any atom is 0.230 e. The molecule has 1 fully saturated rings. The first-order valence-electron chi connectivity index (χ1n) is 6.77. The monoisotopic (exact) mass is 279 g/mol. The van der Waals surface area contributed by atoms with E-state index in [0.717, 1.165) is 24.2 Å². The molecule has 104 valence electrons. The quantitative estimate of drug-likeness (QED) is 0.814. The zero-order valence-electron chi connectivity index (χ0n) is 11.3. The van der Waals surface area contributed by atoms with Gasteiger partial charge in [0.25, 0.3) is 0 Å². The van der Waals surface area contributed by atoms with Crippen LogP contribution in [0.15, 0.2) is 29.2 Å². The van der Waals surface area contributed by atoms with Gasteiger partial charge >= 0.3 is 0 Å². The van der Waals surface area contributed by atoms with Crippen LogP contribution in [0.2, 0.25) is 0 Å². The molecule has 2 N–H and O–H groups in total. The molecule has 1 aromatic carbocycles. The van der Waals surface area contributed by atoms with Gasteiger partial charge in [-0.3, -0.25) is 4.79 Å². The van der Waals surface area contributed by atoms with Crippen molar-refractivity contribution in [2.24, 2.45) is 5.92 Å². The van der Waals surface area contributed by atoms with E-state index in [9.17, 15) is 9.90 Å². The average Bonchev–Trinajstić information content (AvgIpc) is 2.81. The van der Waals surface area contributed by atoms with E-state index in [4.69, 9.17) is 0 Å². The normalized spacial score (nSPS) is 22.4. The lowest BCUT2D eigenvalue weighted by Crippen LogP contribution is -2.30. The molecule has 0 heterocycles. The summed E-state index contributed by atoms with van der Waals surface area (Å²) in [7, 11) is 0. The third-order valence-corrected chi connectivity index (χ3v) is 4.50. The van der Waals surface area contributed by atoms with Crippen LogP contribution in [0, 0.1) is 12.8 Å². The van der Waals surface area contributed by atoms with E-state index in [2.05, 4.69) is 24.4 Å². The molecule has 0 radical (unpaired) electrons. The Morgan fingerprint density at radius 1 is 1.37 bits per heavy atom. The van der Waals surface area contributed by atoms with Crippen LogP contribution < -0.4 is 5.32 Å². The van der Waals surface area contributed by atoms with Crippen molar-refractivity contribution in [2.45, 2.75) is 37.2 Å². The van der Waals surface area contributed by atoms with Crippen molar-refractivity contribution in [2.75, 3.05) is 12.3 Å². The fourth-order valence-electron chi connectivity index (χ4n) is 2.33. The summed E-state index contributed by atoms with van der Waals surface area (Å²) in [5.41, 5.74) is 1.23. The molecule has 0 bridgehead atoms. The largest absolute Gasteiger partial charge is 0.393 e. The van der Waals surface area contributed by atoms with Crippen LogP contribution >= 0.6 is 11.8 Å². The van der Waals surface area contributed by atoms with Crippen LogP contribution in [0.25, 0.3) is 0 Å². The molecule has 0 spiro atoms. The Labute approximate surface area is 118 Å². The maximum absolute atomic E-state index is 11.7. The highest BCUT2D eigenvalue weighted by molar-refractivity contribution is 8.00. The number of aliphatic hydroxyl groups is 1. The van der Waals surface area contributed by atoms with Crippen LogP contribution in [0.5, 0.6) is 0 Å². The first kappa shape index (κ1) is 14.4. The third-order valence-electron chi connectivity index (χ3n) is 3.49. The predicted molar refractivity (Wildman–Crippen MR) is 78.3 cm³/mol. The minimum Gasteiger partial charge on any atom is -0.393 e. The number of benzene rings is 1. The van der Waals surface area contributed by atoms with E-state index >= 15 is 0 Å². The number of rotatable bonds is 5. The Bertz CT molecular complexity index is 419. The lowest BCUT2D eigenvalue weighted by Gasteiger charge is -2.10. The lowest BCUT2D eigenvalue weighted by atomic mass is 10.1. The molecular formula is C15H21NO2S. The van der Waals surface area contributed by atoms with Gasteiger partial charge in [-0.05, 0) is 44.2 Å². The smallest absolute Gasteiger partial charge is 0.230 e. The van der Waals surface area contributed by atoms with Gasteiger partial charge in [0.1, 0.15) is 0 Å². The second-order valence-corrected chi connectivity index (χ2v) is 6.29. The zero-order valence-corrected chi connectivity index (χ0v) is 12.1. The predicted octanol–water partition coefficient (Wildman–Crippen LogP) is 2.36. The second-order valence-electron chi connectivity index (χ2n) is 5.24. The van der Waals surface area contributed by atoms with Crippen molar-refractivity contribution < 1.29 is 9.90 Å². The minimum absolute atomic E-state index is 0.0759. The van der Waals surface area contributed by atoms with Gasteiger partial charge in [-0.2, -0.15) is 0 Å².